The maximum Gasteiger partial charge on any atom is 0.340 e. The summed E-state index contributed by atoms with van der Waals surface area (Å²) in [5, 5.41) is 9.77. The van der Waals surface area contributed by atoms with E-state index >= 15 is 0 Å². The maximum absolute atomic E-state index is 11.3. The Balaban J connectivity index is 2.27. The molecule has 0 radical (unpaired) electrons. The first-order chi connectivity index (χ1) is 9.08. The molecule has 1 N–H and O–H groups in total. The van der Waals surface area contributed by atoms with E-state index < -0.39 is 5.97 Å². The van der Waals surface area contributed by atoms with E-state index in [1.54, 1.807) is 13.8 Å². The van der Waals surface area contributed by atoms with Crippen LogP contribution in [0.15, 0.2) is 35.4 Å². The quantitative estimate of drug-likeness (QED) is 0.685. The van der Waals surface area contributed by atoms with E-state index in [0.717, 1.165) is 5.56 Å². The van der Waals surface area contributed by atoms with Gasteiger partial charge in [-0.05, 0) is 19.4 Å². The van der Waals surface area contributed by atoms with Gasteiger partial charge in [0.1, 0.15) is 16.4 Å². The number of hydrogen-bond acceptors (Lipinski definition) is 4. The highest BCUT2D eigenvalue weighted by Crippen LogP contribution is 2.26. The summed E-state index contributed by atoms with van der Waals surface area (Å²) in [4.78, 5) is 19.6. The van der Waals surface area contributed by atoms with Crippen LogP contribution < -0.4 is 0 Å². The van der Waals surface area contributed by atoms with Crippen LogP contribution in [0.1, 0.15) is 27.4 Å². The first-order valence-corrected chi connectivity index (χ1v) is 6.81. The lowest BCUT2D eigenvalue weighted by molar-refractivity contribution is 0.0690. The van der Waals surface area contributed by atoms with Gasteiger partial charge in [-0.1, -0.05) is 30.3 Å². The lowest BCUT2D eigenvalue weighted by Crippen LogP contribution is -2.08. The van der Waals surface area contributed by atoms with Crippen molar-refractivity contribution in [3.05, 3.63) is 53.0 Å². The zero-order valence-corrected chi connectivity index (χ0v) is 11.6. The number of aryl methyl sites for hydroxylation is 2. The third kappa shape index (κ3) is 3.32. The molecule has 98 valence electrons. The summed E-state index contributed by atoms with van der Waals surface area (Å²) in [6.45, 7) is 3.47. The molecule has 0 aliphatic carbocycles. The fourth-order valence-corrected chi connectivity index (χ4v) is 2.83. The molecule has 0 bridgehead atoms. The number of thioether (sulfide) groups is 1. The topological polar surface area (TPSA) is 63.1 Å². The van der Waals surface area contributed by atoms with E-state index in [0.29, 0.717) is 22.3 Å². The van der Waals surface area contributed by atoms with E-state index in [4.69, 9.17) is 0 Å². The Morgan fingerprint density at radius 1 is 1.21 bits per heavy atom. The van der Waals surface area contributed by atoms with Crippen LogP contribution in [-0.4, -0.2) is 21.0 Å². The molecule has 0 spiro atoms. The maximum atomic E-state index is 11.3. The van der Waals surface area contributed by atoms with Crippen LogP contribution in [0.4, 0.5) is 0 Å². The van der Waals surface area contributed by atoms with Gasteiger partial charge in [0.05, 0.1) is 5.69 Å². The molecule has 2 rings (SSSR count). The van der Waals surface area contributed by atoms with Gasteiger partial charge in [0, 0.05) is 5.75 Å². The minimum atomic E-state index is -0.979. The number of carboxylic acids is 1. The molecule has 0 fully saturated rings. The SMILES string of the molecule is Cc1nc(C)c(C(=O)O)c(SCc2ccccc2)n1. The van der Waals surface area contributed by atoms with Crippen LogP contribution in [0.25, 0.3) is 0 Å². The second kappa shape index (κ2) is 5.84. The normalized spacial score (nSPS) is 10.4. The Hall–Kier alpha value is -1.88. The van der Waals surface area contributed by atoms with Crippen molar-refractivity contribution >= 4 is 17.7 Å². The minimum absolute atomic E-state index is 0.200. The fraction of sp³-hybridized carbons (Fsp3) is 0.214. The van der Waals surface area contributed by atoms with Gasteiger partial charge in [-0.3, -0.25) is 0 Å². The number of aromatic nitrogens is 2. The first kappa shape index (κ1) is 13.5. The van der Waals surface area contributed by atoms with Crippen molar-refractivity contribution in [3.8, 4) is 0 Å². The van der Waals surface area contributed by atoms with Crippen molar-refractivity contribution in [2.24, 2.45) is 0 Å². The molecule has 19 heavy (non-hydrogen) atoms. The Labute approximate surface area is 115 Å². The highest BCUT2D eigenvalue weighted by atomic mass is 32.2. The average molecular weight is 274 g/mol. The van der Waals surface area contributed by atoms with Crippen LogP contribution in [-0.2, 0) is 5.75 Å². The molecular formula is C14H14N2O2S. The Bertz CT molecular complexity index is 600. The summed E-state index contributed by atoms with van der Waals surface area (Å²) in [5.74, 6) is 0.308. The van der Waals surface area contributed by atoms with Crippen LogP contribution in [0.2, 0.25) is 0 Å². The summed E-state index contributed by atoms with van der Waals surface area (Å²) in [6.07, 6.45) is 0. The van der Waals surface area contributed by atoms with Crippen LogP contribution in [0.3, 0.4) is 0 Å². The van der Waals surface area contributed by atoms with Crippen molar-refractivity contribution in [2.45, 2.75) is 24.6 Å². The van der Waals surface area contributed by atoms with Crippen LogP contribution in [0, 0.1) is 13.8 Å². The number of rotatable bonds is 4. The predicted molar refractivity (Wildman–Crippen MR) is 74.5 cm³/mol. The molecule has 5 heteroatoms. The molecule has 1 heterocycles. The van der Waals surface area contributed by atoms with Crippen molar-refractivity contribution in [1.82, 2.24) is 9.97 Å². The molecule has 0 amide bonds. The van der Waals surface area contributed by atoms with Crippen LogP contribution in [0.5, 0.6) is 0 Å². The van der Waals surface area contributed by atoms with Gasteiger partial charge < -0.3 is 5.11 Å². The summed E-state index contributed by atoms with van der Waals surface area (Å²) in [5.41, 5.74) is 1.85. The third-order valence-corrected chi connectivity index (χ3v) is 3.65. The highest BCUT2D eigenvalue weighted by Gasteiger charge is 2.17. The van der Waals surface area contributed by atoms with Gasteiger partial charge in [-0.25, -0.2) is 14.8 Å². The molecule has 0 aliphatic rings. The fourth-order valence-electron chi connectivity index (χ4n) is 1.76. The molecule has 0 unspecified atom stereocenters. The summed E-state index contributed by atoms with van der Waals surface area (Å²) in [6, 6.07) is 9.90. The van der Waals surface area contributed by atoms with Gasteiger partial charge >= 0.3 is 5.97 Å². The van der Waals surface area contributed by atoms with Gasteiger partial charge in [-0.2, -0.15) is 0 Å². The van der Waals surface area contributed by atoms with Crippen molar-refractivity contribution < 1.29 is 9.90 Å². The Morgan fingerprint density at radius 2 is 1.89 bits per heavy atom. The molecule has 1 aromatic carbocycles. The van der Waals surface area contributed by atoms with Crippen molar-refractivity contribution in [2.75, 3.05) is 0 Å². The van der Waals surface area contributed by atoms with Crippen LogP contribution >= 0.6 is 11.8 Å². The molecule has 2 aromatic rings. The Kier molecular flexibility index (Phi) is 4.16. The number of aromatic carboxylic acids is 1. The van der Waals surface area contributed by atoms with E-state index in [-0.39, 0.29) is 5.56 Å². The second-order valence-electron chi connectivity index (χ2n) is 4.12. The van der Waals surface area contributed by atoms with E-state index in [1.165, 1.54) is 11.8 Å². The minimum Gasteiger partial charge on any atom is -0.478 e. The monoisotopic (exact) mass is 274 g/mol. The summed E-state index contributed by atoms with van der Waals surface area (Å²) in [7, 11) is 0. The van der Waals surface area contributed by atoms with E-state index in [2.05, 4.69) is 9.97 Å². The number of carbonyl (C=O) groups is 1. The standard InChI is InChI=1S/C14H14N2O2S/c1-9-12(14(17)18)13(16-10(2)15-9)19-8-11-6-4-3-5-7-11/h3-7H,8H2,1-2H3,(H,17,18). The second-order valence-corrected chi connectivity index (χ2v) is 5.08. The van der Waals surface area contributed by atoms with Crippen molar-refractivity contribution in [1.29, 1.82) is 0 Å². The third-order valence-electron chi connectivity index (χ3n) is 2.60. The van der Waals surface area contributed by atoms with Crippen molar-refractivity contribution in [3.63, 3.8) is 0 Å². The lowest BCUT2D eigenvalue weighted by atomic mass is 10.2. The molecule has 4 nitrogen and oxygen atoms in total. The lowest BCUT2D eigenvalue weighted by Gasteiger charge is -2.08. The van der Waals surface area contributed by atoms with Gasteiger partial charge in [0.15, 0.2) is 0 Å². The zero-order chi connectivity index (χ0) is 13.8. The van der Waals surface area contributed by atoms with Gasteiger partial charge in [0.2, 0.25) is 0 Å². The first-order valence-electron chi connectivity index (χ1n) is 5.83. The van der Waals surface area contributed by atoms with Gasteiger partial charge in [0.25, 0.3) is 0 Å². The van der Waals surface area contributed by atoms with Gasteiger partial charge in [-0.15, -0.1) is 11.8 Å². The molecular weight excluding hydrogens is 260 g/mol. The highest BCUT2D eigenvalue weighted by molar-refractivity contribution is 7.98. The molecule has 0 saturated carbocycles. The molecule has 0 atom stereocenters. The number of benzene rings is 1. The predicted octanol–water partition coefficient (Wildman–Crippen LogP) is 3.08. The molecule has 0 aliphatic heterocycles. The number of carboxylic acid groups (broad SMARTS) is 1. The largest absolute Gasteiger partial charge is 0.478 e. The average Bonchev–Trinajstić information content (AvgIpc) is 2.36. The molecule has 1 aromatic heterocycles. The summed E-state index contributed by atoms with van der Waals surface area (Å²) < 4.78 is 0. The van der Waals surface area contributed by atoms with E-state index in [9.17, 15) is 9.90 Å². The van der Waals surface area contributed by atoms with E-state index in [1.807, 2.05) is 30.3 Å². The number of nitrogens with zero attached hydrogens (tertiary/aromatic N) is 2. The summed E-state index contributed by atoms with van der Waals surface area (Å²) >= 11 is 1.42. The smallest absolute Gasteiger partial charge is 0.340 e. The molecule has 0 saturated heterocycles. The zero-order valence-electron chi connectivity index (χ0n) is 10.8. The number of hydrogen-bond donors (Lipinski definition) is 1. The Morgan fingerprint density at radius 3 is 2.53 bits per heavy atom.